The predicted octanol–water partition coefficient (Wildman–Crippen LogP) is 6.12. The van der Waals surface area contributed by atoms with Crippen LogP contribution in [-0.4, -0.2) is 50.9 Å². The molecule has 8 nitrogen and oxygen atoms in total. The van der Waals surface area contributed by atoms with Gasteiger partial charge in [0.05, 0.1) is 17.7 Å². The quantitative estimate of drug-likeness (QED) is 0.187. The number of sulfonamides is 1. The molecule has 47 heavy (non-hydrogen) atoms. The zero-order chi connectivity index (χ0) is 33.2. The van der Waals surface area contributed by atoms with E-state index in [0.29, 0.717) is 5.75 Å². The number of halogens is 1. The lowest BCUT2D eigenvalue weighted by atomic mass is 9.94. The number of ether oxygens (including phenoxy) is 1. The molecular weight excluding hydrogens is 617 g/mol. The molecule has 1 saturated carbocycles. The zero-order valence-corrected chi connectivity index (χ0v) is 27.2. The van der Waals surface area contributed by atoms with Crippen molar-refractivity contribution in [1.82, 2.24) is 10.2 Å². The number of benzene rings is 4. The van der Waals surface area contributed by atoms with Crippen LogP contribution in [0.2, 0.25) is 0 Å². The molecule has 1 aliphatic carbocycles. The van der Waals surface area contributed by atoms with Gasteiger partial charge in [0.1, 0.15) is 24.2 Å². The number of methoxy groups -OCH3 is 1. The van der Waals surface area contributed by atoms with Gasteiger partial charge < -0.3 is 15.0 Å². The number of hydrogen-bond donors (Lipinski definition) is 1. The molecule has 5 rings (SSSR count). The molecule has 0 aromatic heterocycles. The van der Waals surface area contributed by atoms with Crippen molar-refractivity contribution >= 4 is 27.5 Å². The Morgan fingerprint density at radius 1 is 0.830 bits per heavy atom. The third kappa shape index (κ3) is 8.77. The molecule has 4 aromatic carbocycles. The second kappa shape index (κ2) is 15.7. The van der Waals surface area contributed by atoms with Crippen LogP contribution < -0.4 is 14.4 Å². The normalized spacial score (nSPS) is 14.2. The van der Waals surface area contributed by atoms with E-state index in [1.807, 2.05) is 60.7 Å². The molecule has 1 N–H and O–H groups in total. The molecule has 1 atom stereocenters. The number of amides is 2. The average molecular weight is 658 g/mol. The van der Waals surface area contributed by atoms with Crippen molar-refractivity contribution in [3.63, 3.8) is 0 Å². The maximum atomic E-state index is 14.6. The van der Waals surface area contributed by atoms with Crippen molar-refractivity contribution in [2.45, 2.75) is 62.0 Å². The minimum absolute atomic E-state index is 0.00867. The average Bonchev–Trinajstić information content (AvgIpc) is 3.10. The predicted molar refractivity (Wildman–Crippen MR) is 180 cm³/mol. The second-order valence-electron chi connectivity index (χ2n) is 11.7. The maximum Gasteiger partial charge on any atom is 0.264 e. The summed E-state index contributed by atoms with van der Waals surface area (Å²) in [4.78, 5) is 30.1. The summed E-state index contributed by atoms with van der Waals surface area (Å²) in [5.41, 5.74) is 1.76. The number of nitrogens with zero attached hydrogens (tertiary/aromatic N) is 2. The minimum Gasteiger partial charge on any atom is -0.497 e. The van der Waals surface area contributed by atoms with E-state index in [1.54, 1.807) is 0 Å². The molecule has 4 aromatic rings. The highest BCUT2D eigenvalue weighted by Gasteiger charge is 2.35. The summed E-state index contributed by atoms with van der Waals surface area (Å²) in [6.45, 7) is -0.538. The van der Waals surface area contributed by atoms with Crippen molar-refractivity contribution in [1.29, 1.82) is 0 Å². The van der Waals surface area contributed by atoms with Crippen LogP contribution >= 0.6 is 0 Å². The molecule has 0 bridgehead atoms. The number of carbonyl (C=O) groups is 2. The summed E-state index contributed by atoms with van der Waals surface area (Å²) in [5.74, 6) is -0.934. The Morgan fingerprint density at radius 2 is 1.43 bits per heavy atom. The first-order valence-electron chi connectivity index (χ1n) is 15.8. The van der Waals surface area contributed by atoms with Gasteiger partial charge in [0.15, 0.2) is 0 Å². The van der Waals surface area contributed by atoms with Gasteiger partial charge in [-0.2, -0.15) is 0 Å². The fourth-order valence-electron chi connectivity index (χ4n) is 5.89. The summed E-state index contributed by atoms with van der Waals surface area (Å²) in [5, 5.41) is 3.20. The van der Waals surface area contributed by atoms with E-state index in [9.17, 15) is 22.4 Å². The molecule has 0 heterocycles. The van der Waals surface area contributed by atoms with Crippen molar-refractivity contribution in [2.75, 3.05) is 18.0 Å². The first-order chi connectivity index (χ1) is 22.7. The van der Waals surface area contributed by atoms with Gasteiger partial charge in [-0.25, -0.2) is 12.8 Å². The van der Waals surface area contributed by atoms with Gasteiger partial charge in [-0.15, -0.1) is 0 Å². The van der Waals surface area contributed by atoms with Crippen LogP contribution in [0.1, 0.15) is 43.2 Å². The summed E-state index contributed by atoms with van der Waals surface area (Å²) in [6.07, 6.45) is 5.15. The lowest BCUT2D eigenvalue weighted by Gasteiger charge is -2.35. The SMILES string of the molecule is COc1ccc(S(=O)(=O)N(CC(=O)N(Cc2ccccc2)[C@H](Cc2ccccc2)C(=O)NC2CCCCC2)c2ccc(F)cc2)cc1. The zero-order valence-electron chi connectivity index (χ0n) is 26.4. The van der Waals surface area contributed by atoms with Crippen LogP contribution in [0.5, 0.6) is 5.75 Å². The lowest BCUT2D eigenvalue weighted by Crippen LogP contribution is -2.55. The molecule has 10 heteroatoms. The summed E-state index contributed by atoms with van der Waals surface area (Å²) in [6, 6.07) is 28.6. The van der Waals surface area contributed by atoms with Crippen molar-refractivity contribution in [2.24, 2.45) is 0 Å². The molecule has 1 fully saturated rings. The molecule has 0 radical (unpaired) electrons. The molecule has 246 valence electrons. The Labute approximate surface area is 276 Å². The number of nitrogens with one attached hydrogen (secondary N) is 1. The Bertz CT molecular complexity index is 1710. The van der Waals surface area contributed by atoms with Gasteiger partial charge in [0.2, 0.25) is 11.8 Å². The summed E-state index contributed by atoms with van der Waals surface area (Å²) < 4.78 is 48.4. The molecule has 2 amide bonds. The molecule has 0 aliphatic heterocycles. The molecule has 0 unspecified atom stereocenters. The fraction of sp³-hybridized carbons (Fsp3) is 0.297. The number of hydrogen-bond acceptors (Lipinski definition) is 5. The Hall–Kier alpha value is -4.70. The molecule has 1 aliphatic rings. The van der Waals surface area contributed by atoms with Crippen LogP contribution in [0.15, 0.2) is 114 Å². The first kappa shape index (κ1) is 33.7. The highest BCUT2D eigenvalue weighted by atomic mass is 32.2. The van der Waals surface area contributed by atoms with Gasteiger partial charge in [0, 0.05) is 19.0 Å². The van der Waals surface area contributed by atoms with E-state index in [2.05, 4.69) is 5.32 Å². The van der Waals surface area contributed by atoms with Gasteiger partial charge >= 0.3 is 0 Å². The standard InChI is InChI=1S/C37H40FN3O5S/c1-46-33-21-23-34(24-22-33)47(44,45)41(32-19-17-30(38)18-20-32)27-36(42)40(26-29-13-7-3-8-14-29)35(25-28-11-5-2-6-12-28)37(43)39-31-15-9-4-10-16-31/h2-3,5-8,11-14,17-24,31,35H,4,9-10,15-16,25-27H2,1H3,(H,39,43)/t35-/m1/s1. The topological polar surface area (TPSA) is 96.0 Å². The number of rotatable bonds is 13. The largest absolute Gasteiger partial charge is 0.497 e. The van der Waals surface area contributed by atoms with Crippen LogP contribution in [0.25, 0.3) is 0 Å². The van der Waals surface area contributed by atoms with Crippen LogP contribution in [-0.2, 0) is 32.6 Å². The number of carbonyl (C=O) groups excluding carboxylic acids is 2. The van der Waals surface area contributed by atoms with E-state index in [0.717, 1.165) is 59.7 Å². The Morgan fingerprint density at radius 3 is 2.02 bits per heavy atom. The summed E-state index contributed by atoms with van der Waals surface area (Å²) >= 11 is 0. The first-order valence-corrected chi connectivity index (χ1v) is 17.3. The van der Waals surface area contributed by atoms with Gasteiger partial charge in [-0.3, -0.25) is 13.9 Å². The van der Waals surface area contributed by atoms with Crippen LogP contribution in [0.4, 0.5) is 10.1 Å². The van der Waals surface area contributed by atoms with Gasteiger partial charge in [-0.05, 0) is 72.5 Å². The Kier molecular flexibility index (Phi) is 11.3. The van der Waals surface area contributed by atoms with Crippen LogP contribution in [0.3, 0.4) is 0 Å². The second-order valence-corrected chi connectivity index (χ2v) is 13.6. The van der Waals surface area contributed by atoms with Gasteiger partial charge in [-0.1, -0.05) is 79.9 Å². The van der Waals surface area contributed by atoms with Crippen molar-refractivity contribution in [3.8, 4) is 5.75 Å². The van der Waals surface area contributed by atoms with Crippen molar-refractivity contribution < 1.29 is 27.1 Å². The van der Waals surface area contributed by atoms with E-state index >= 15 is 0 Å². The smallest absolute Gasteiger partial charge is 0.264 e. The van der Waals surface area contributed by atoms with E-state index < -0.39 is 34.3 Å². The number of anilines is 1. The molecular formula is C37H40FN3O5S. The highest BCUT2D eigenvalue weighted by molar-refractivity contribution is 7.92. The van der Waals surface area contributed by atoms with Gasteiger partial charge in [0.25, 0.3) is 10.0 Å². The van der Waals surface area contributed by atoms with Crippen molar-refractivity contribution in [3.05, 3.63) is 126 Å². The monoisotopic (exact) mass is 657 g/mol. The fourth-order valence-corrected chi connectivity index (χ4v) is 7.30. The third-order valence-electron chi connectivity index (χ3n) is 8.46. The molecule has 0 spiro atoms. The van der Waals surface area contributed by atoms with E-state index in [1.165, 1.54) is 48.4 Å². The molecule has 0 saturated heterocycles. The lowest BCUT2D eigenvalue weighted by molar-refractivity contribution is -0.140. The summed E-state index contributed by atoms with van der Waals surface area (Å²) in [7, 11) is -2.84. The Balaban J connectivity index is 1.54. The third-order valence-corrected chi connectivity index (χ3v) is 10.2. The highest BCUT2D eigenvalue weighted by Crippen LogP contribution is 2.27. The minimum atomic E-state index is -4.31. The maximum absolute atomic E-state index is 14.6. The van der Waals surface area contributed by atoms with Crippen LogP contribution in [0, 0.1) is 5.82 Å². The van der Waals surface area contributed by atoms with E-state index in [4.69, 9.17) is 4.74 Å². The van der Waals surface area contributed by atoms with E-state index in [-0.39, 0.29) is 35.5 Å².